The largest absolute Gasteiger partial charge is 0.380 e. The molecule has 1 amide bonds. The van der Waals surface area contributed by atoms with Crippen molar-refractivity contribution in [2.45, 2.75) is 6.92 Å². The van der Waals surface area contributed by atoms with E-state index >= 15 is 0 Å². The fourth-order valence-electron chi connectivity index (χ4n) is 1.23. The number of rotatable bonds is 1. The Hall–Kier alpha value is -1.14. The van der Waals surface area contributed by atoms with Crippen LogP contribution in [0.3, 0.4) is 0 Å². The monoisotopic (exact) mass is 275 g/mol. The number of amides is 1. The van der Waals surface area contributed by atoms with Gasteiger partial charge < -0.3 is 10.5 Å². The number of benzene rings is 1. The third-order valence-corrected chi connectivity index (χ3v) is 3.22. The summed E-state index contributed by atoms with van der Waals surface area (Å²) in [5.41, 5.74) is 4.56. The highest BCUT2D eigenvalue weighted by molar-refractivity contribution is 7.99. The van der Waals surface area contributed by atoms with Crippen molar-refractivity contribution in [1.82, 2.24) is 0 Å². The summed E-state index contributed by atoms with van der Waals surface area (Å²) in [6, 6.07) is 1.83. The third kappa shape index (κ3) is 4.62. The van der Waals surface area contributed by atoms with Crippen LogP contribution in [0.4, 0.5) is 8.78 Å². The maximum absolute atomic E-state index is 12.8. The summed E-state index contributed by atoms with van der Waals surface area (Å²) in [6.45, 7) is 3.21. The van der Waals surface area contributed by atoms with Crippen molar-refractivity contribution in [3.05, 3.63) is 34.9 Å². The summed E-state index contributed by atoms with van der Waals surface area (Å²) in [5, 5.41) is 0. The van der Waals surface area contributed by atoms with E-state index in [0.717, 1.165) is 25.3 Å². The van der Waals surface area contributed by atoms with Crippen LogP contribution in [0, 0.1) is 18.6 Å². The van der Waals surface area contributed by atoms with Gasteiger partial charge in [-0.2, -0.15) is 11.8 Å². The zero-order valence-electron chi connectivity index (χ0n) is 10.0. The van der Waals surface area contributed by atoms with Crippen molar-refractivity contribution in [3.8, 4) is 0 Å². The molecule has 0 radical (unpaired) electrons. The maximum atomic E-state index is 12.8. The Morgan fingerprint density at radius 1 is 1.28 bits per heavy atom. The molecule has 1 aliphatic heterocycles. The summed E-state index contributed by atoms with van der Waals surface area (Å²) in [7, 11) is 0. The second-order valence-corrected chi connectivity index (χ2v) is 4.88. The van der Waals surface area contributed by atoms with Crippen LogP contribution in [0.25, 0.3) is 0 Å². The molecule has 1 aromatic rings. The van der Waals surface area contributed by atoms with E-state index in [4.69, 9.17) is 10.5 Å². The molecule has 1 fully saturated rings. The summed E-state index contributed by atoms with van der Waals surface area (Å²) in [4.78, 5) is 10.5. The summed E-state index contributed by atoms with van der Waals surface area (Å²) < 4.78 is 30.6. The quantitative estimate of drug-likeness (QED) is 0.854. The van der Waals surface area contributed by atoms with Gasteiger partial charge in [-0.25, -0.2) is 8.78 Å². The van der Waals surface area contributed by atoms with E-state index in [9.17, 15) is 13.6 Å². The van der Waals surface area contributed by atoms with Gasteiger partial charge in [-0.1, -0.05) is 0 Å². The second kappa shape index (κ2) is 7.33. The van der Waals surface area contributed by atoms with Gasteiger partial charge in [0.15, 0.2) is 0 Å². The Balaban J connectivity index is 0.000000225. The fraction of sp³-hybridized carbons (Fsp3) is 0.417. The lowest BCUT2D eigenvalue weighted by Crippen LogP contribution is -2.12. The highest BCUT2D eigenvalue weighted by Gasteiger charge is 2.09. The minimum Gasteiger partial charge on any atom is -0.380 e. The van der Waals surface area contributed by atoms with Gasteiger partial charge in [0.1, 0.15) is 11.6 Å². The number of hydrogen-bond acceptors (Lipinski definition) is 3. The average Bonchev–Trinajstić information content (AvgIpc) is 2.38. The van der Waals surface area contributed by atoms with Crippen LogP contribution in [0.15, 0.2) is 12.1 Å². The van der Waals surface area contributed by atoms with Gasteiger partial charge in [0.05, 0.1) is 13.2 Å². The molecule has 2 rings (SSSR count). The summed E-state index contributed by atoms with van der Waals surface area (Å²) >= 11 is 1.97. The molecule has 2 N–H and O–H groups in total. The number of hydrogen-bond donors (Lipinski definition) is 1. The first kappa shape index (κ1) is 14.9. The molecule has 1 saturated heterocycles. The van der Waals surface area contributed by atoms with E-state index in [1.54, 1.807) is 0 Å². The molecule has 0 saturated carbocycles. The van der Waals surface area contributed by atoms with E-state index < -0.39 is 17.5 Å². The van der Waals surface area contributed by atoms with Gasteiger partial charge in [0.2, 0.25) is 5.91 Å². The van der Waals surface area contributed by atoms with Crippen molar-refractivity contribution in [2.75, 3.05) is 24.7 Å². The van der Waals surface area contributed by atoms with E-state index in [1.807, 2.05) is 11.8 Å². The number of thioether (sulfide) groups is 1. The lowest BCUT2D eigenvalue weighted by atomic mass is 10.1. The lowest BCUT2D eigenvalue weighted by Gasteiger charge is -2.07. The minimum atomic E-state index is -0.840. The van der Waals surface area contributed by atoms with Crippen LogP contribution in [0.1, 0.15) is 15.9 Å². The van der Waals surface area contributed by atoms with Crippen molar-refractivity contribution in [1.29, 1.82) is 0 Å². The van der Waals surface area contributed by atoms with Crippen LogP contribution in [0.2, 0.25) is 0 Å². The van der Waals surface area contributed by atoms with E-state index in [1.165, 1.54) is 18.4 Å². The SMILES string of the molecule is C1CSCCO1.Cc1c(F)cc(C(N)=O)cc1F. The number of ether oxygens (including phenoxy) is 1. The van der Waals surface area contributed by atoms with E-state index in [-0.39, 0.29) is 11.1 Å². The first-order chi connectivity index (χ1) is 8.52. The molecule has 1 aliphatic rings. The molecule has 0 bridgehead atoms. The van der Waals surface area contributed by atoms with Crippen molar-refractivity contribution in [2.24, 2.45) is 5.73 Å². The minimum absolute atomic E-state index is 0.111. The van der Waals surface area contributed by atoms with E-state index in [0.29, 0.717) is 0 Å². The molecule has 0 unspecified atom stereocenters. The Labute approximate surface area is 109 Å². The van der Waals surface area contributed by atoms with Crippen LogP contribution < -0.4 is 5.73 Å². The van der Waals surface area contributed by atoms with E-state index in [2.05, 4.69) is 0 Å². The zero-order valence-corrected chi connectivity index (χ0v) is 10.9. The van der Waals surface area contributed by atoms with Crippen LogP contribution in [-0.4, -0.2) is 30.6 Å². The number of primary amides is 1. The first-order valence-corrected chi connectivity index (χ1v) is 6.58. The number of carbonyl (C=O) groups is 1. The molecule has 100 valence electrons. The van der Waals surface area contributed by atoms with Crippen LogP contribution in [-0.2, 0) is 4.74 Å². The third-order valence-electron chi connectivity index (χ3n) is 2.31. The van der Waals surface area contributed by atoms with Crippen molar-refractivity contribution >= 4 is 17.7 Å². The number of halogens is 2. The average molecular weight is 275 g/mol. The van der Waals surface area contributed by atoms with Gasteiger partial charge in [-0.05, 0) is 19.1 Å². The first-order valence-electron chi connectivity index (χ1n) is 5.43. The van der Waals surface area contributed by atoms with Crippen LogP contribution in [0.5, 0.6) is 0 Å². The highest BCUT2D eigenvalue weighted by Crippen LogP contribution is 2.13. The summed E-state index contributed by atoms with van der Waals surface area (Å²) in [5.74, 6) is 0.0281. The predicted octanol–water partition coefficient (Wildman–Crippen LogP) is 2.12. The molecule has 1 aromatic carbocycles. The molecule has 3 nitrogen and oxygen atoms in total. The molecule has 6 heteroatoms. The molecular formula is C12H15F2NO2S. The number of nitrogens with two attached hydrogens (primary N) is 1. The number of carbonyl (C=O) groups excluding carboxylic acids is 1. The summed E-state index contributed by atoms with van der Waals surface area (Å²) in [6.07, 6.45) is 0. The van der Waals surface area contributed by atoms with Gasteiger partial charge in [0.25, 0.3) is 0 Å². The second-order valence-electron chi connectivity index (χ2n) is 3.65. The van der Waals surface area contributed by atoms with Crippen molar-refractivity contribution in [3.63, 3.8) is 0 Å². The maximum Gasteiger partial charge on any atom is 0.248 e. The molecule has 0 atom stereocenters. The van der Waals surface area contributed by atoms with Crippen LogP contribution >= 0.6 is 11.8 Å². The molecule has 0 aliphatic carbocycles. The molecule has 1 heterocycles. The van der Waals surface area contributed by atoms with Gasteiger partial charge in [0, 0.05) is 22.6 Å². The van der Waals surface area contributed by atoms with Gasteiger partial charge in [-0.15, -0.1) is 0 Å². The Kier molecular flexibility index (Phi) is 6.07. The molecule has 18 heavy (non-hydrogen) atoms. The van der Waals surface area contributed by atoms with Gasteiger partial charge in [-0.3, -0.25) is 4.79 Å². The molecular weight excluding hydrogens is 260 g/mol. The zero-order chi connectivity index (χ0) is 13.5. The molecule has 0 aromatic heterocycles. The highest BCUT2D eigenvalue weighted by atomic mass is 32.2. The smallest absolute Gasteiger partial charge is 0.248 e. The fourth-order valence-corrected chi connectivity index (χ4v) is 1.90. The Morgan fingerprint density at radius 2 is 1.78 bits per heavy atom. The normalized spacial score (nSPS) is 14.6. The van der Waals surface area contributed by atoms with Crippen molar-refractivity contribution < 1.29 is 18.3 Å². The standard InChI is InChI=1S/C8H7F2NO.C4H8OS/c1-4-6(9)2-5(8(11)12)3-7(4)10;1-3-6-4-2-5-1/h2-3H,1H3,(H2,11,12);1-4H2. The Bertz CT molecular complexity index is 388. The predicted molar refractivity (Wildman–Crippen MR) is 67.8 cm³/mol. The Morgan fingerprint density at radius 3 is 2.06 bits per heavy atom. The topological polar surface area (TPSA) is 52.3 Å². The molecule has 0 spiro atoms. The lowest BCUT2D eigenvalue weighted by molar-refractivity contribution is 0.0999. The van der Waals surface area contributed by atoms with Gasteiger partial charge >= 0.3 is 0 Å².